The van der Waals surface area contributed by atoms with E-state index in [9.17, 15) is 64.0 Å². The van der Waals surface area contributed by atoms with Gasteiger partial charge in [-0.05, 0) is 100 Å². The maximum atomic E-state index is 14.6. The lowest BCUT2D eigenvalue weighted by atomic mass is 9.74. The van der Waals surface area contributed by atoms with Crippen LogP contribution in [0.2, 0.25) is 0 Å². The van der Waals surface area contributed by atoms with Gasteiger partial charge in [0.1, 0.15) is 96.1 Å². The number of rotatable bonds is 25. The third kappa shape index (κ3) is 16.9. The van der Waals surface area contributed by atoms with Crippen molar-refractivity contribution in [2.24, 2.45) is 23.7 Å². The number of likely N-dealkylation sites (tertiary alicyclic amines) is 1. The molecule has 4 aromatic rings. The van der Waals surface area contributed by atoms with Gasteiger partial charge in [-0.2, -0.15) is 0 Å². The zero-order chi connectivity index (χ0) is 68.8. The van der Waals surface area contributed by atoms with Crippen LogP contribution in [0.4, 0.5) is 8.78 Å². The van der Waals surface area contributed by atoms with Crippen molar-refractivity contribution in [3.63, 3.8) is 0 Å². The number of carbonyl (C=O) groups is 3. The number of aliphatic hydroxyl groups is 8. The molecule has 0 spiro atoms. The normalized spacial score (nSPS) is 36.1. The Labute approximate surface area is 562 Å². The van der Waals surface area contributed by atoms with E-state index in [4.69, 9.17) is 33.2 Å². The molecule has 0 radical (unpaired) electrons. The number of nitrogens with zero attached hydrogens (tertiary/aromatic N) is 7. The van der Waals surface area contributed by atoms with Crippen molar-refractivity contribution < 1.29 is 97.2 Å². The average Bonchev–Trinajstić information content (AvgIpc) is 1.05. The molecule has 10 unspecified atom stereocenters. The van der Waals surface area contributed by atoms with Gasteiger partial charge < -0.3 is 89.5 Å². The lowest BCUT2D eigenvalue weighted by Gasteiger charge is -2.49. The molecule has 0 bridgehead atoms. The summed E-state index contributed by atoms with van der Waals surface area (Å²) in [5.74, 6) is -3.00. The van der Waals surface area contributed by atoms with Crippen molar-refractivity contribution in [3.8, 4) is 22.5 Å². The number of carbonyl (C=O) groups excluding carboxylic acids is 3. The van der Waals surface area contributed by atoms with Gasteiger partial charge in [0.15, 0.2) is 18.9 Å². The lowest BCUT2D eigenvalue weighted by molar-refractivity contribution is -0.339. The van der Waals surface area contributed by atoms with Crippen LogP contribution in [0.1, 0.15) is 143 Å². The van der Waals surface area contributed by atoms with Crippen molar-refractivity contribution >= 4 is 17.7 Å². The maximum Gasteiger partial charge on any atom is 0.251 e. The number of hydrogen-bond acceptors (Lipinski definition) is 22. The van der Waals surface area contributed by atoms with Crippen LogP contribution in [0, 0.1) is 35.3 Å². The quantitative estimate of drug-likeness (QED) is 0.0426. The summed E-state index contributed by atoms with van der Waals surface area (Å²) in [7, 11) is 0. The van der Waals surface area contributed by atoms with Crippen LogP contribution in [0.5, 0.6) is 0 Å². The lowest BCUT2D eigenvalue weighted by Crippen LogP contribution is -2.67. The number of halogens is 2. The summed E-state index contributed by atoms with van der Waals surface area (Å²) < 4.78 is 76.9. The van der Waals surface area contributed by atoms with Crippen molar-refractivity contribution in [2.45, 2.75) is 259 Å². The third-order valence-electron chi connectivity index (χ3n) is 21.0. The highest BCUT2D eigenvalue weighted by molar-refractivity contribution is 5.81. The molecular weight excluding hydrogens is 1270 g/mol. The largest absolute Gasteiger partial charge is 0.394 e. The smallest absolute Gasteiger partial charge is 0.251 e. The Kier molecular flexibility index (Phi) is 24.6. The average molecular weight is 1370 g/mol. The van der Waals surface area contributed by atoms with Crippen LogP contribution in [-0.2, 0) is 47.5 Å². The number of benzene rings is 2. The molecule has 2 aromatic heterocycles. The number of aliphatic hydroxyl groups excluding tert-OH is 8. The van der Waals surface area contributed by atoms with E-state index >= 15 is 0 Å². The number of hydrogen-bond donors (Lipinski definition) is 10. The molecule has 3 saturated carbocycles. The molecule has 3 amide bonds. The standard InChI is InChI=1S/C68H97F2N9O18/c1-5-39-25-38(27-50(62(39)97-68-61(88)60(87)55(82)35(3)91-68)95-66-53(72-36(4)81)63(58(85)52(34-80)96-66)92-51(65(90)77-23-14-24-77)26-37-15-8-7-9-16-37)17-10-11-22-71-64(89)42-30-47(78-32-45(73-75-78)40-18-12-20-43(69)28-40)56(83)49(31-42)94-67-59(86)54(57(84)48(6-2)93-67)79-33-46(74-76-79)41-19-13-21-44(70)29-41/h12-13,18-21,28-29,32-33,35,37-39,42,47-63,66-68,80,82-88H,5-11,14-17,22-27,30-31,34H2,1-4H3,(H,71,89)(H,72,81)/t35?,38?,39?,42-,47?,48?,49+,50+,51-,52-,53?,54?,55+,56?,57-,58-,59+,60-,61?,62+,63?,66+,67-,68-/m0/s1. The molecule has 2 aromatic carbocycles. The monoisotopic (exact) mass is 1370 g/mol. The second-order valence-electron chi connectivity index (χ2n) is 27.7. The number of amides is 3. The highest BCUT2D eigenvalue weighted by atomic mass is 19.1. The van der Waals surface area contributed by atoms with Gasteiger partial charge in [-0.25, -0.2) is 18.1 Å². The van der Waals surface area contributed by atoms with E-state index < -0.39 is 159 Å². The van der Waals surface area contributed by atoms with Gasteiger partial charge in [-0.1, -0.05) is 99.9 Å². The summed E-state index contributed by atoms with van der Waals surface area (Å²) in [5, 5.41) is 114. The molecule has 97 heavy (non-hydrogen) atoms. The van der Waals surface area contributed by atoms with E-state index in [0.717, 1.165) is 38.5 Å². The van der Waals surface area contributed by atoms with E-state index in [1.165, 1.54) is 58.9 Å². The van der Waals surface area contributed by atoms with E-state index in [0.29, 0.717) is 74.9 Å². The SMILES string of the molecule is CCC1O[C@@H](O[C@@H]2C[C@@H](C(=O)NCCCCC3CC(CC)[C@@H](O[C@@H]4OC(C)[C@@H](O)[C@H](O)C4O)[C@H](O[C@@H]4O[C@@H](CO)[C@H](O)C(O[C@@H](CC5CCCCC5)C(=O)N5CCC5)C4NC(C)=O)C3)CC(n3cc(-c4cccc(F)c4)nn3)C2O)[C@H](O)C(n2cc(-c3cccc(F)c3)nn2)[C@H]1O. The number of aromatic nitrogens is 6. The Morgan fingerprint density at radius 2 is 1.33 bits per heavy atom. The van der Waals surface area contributed by atoms with Crippen LogP contribution in [0.15, 0.2) is 60.9 Å². The first-order valence-corrected chi connectivity index (χ1v) is 34.8. The Morgan fingerprint density at radius 3 is 1.97 bits per heavy atom. The molecule has 3 aliphatic carbocycles. The molecule has 4 aliphatic heterocycles. The van der Waals surface area contributed by atoms with Gasteiger partial charge in [0.25, 0.3) is 5.91 Å². The predicted molar refractivity (Wildman–Crippen MR) is 339 cm³/mol. The first kappa shape index (κ1) is 72.6. The number of unbranched alkanes of at least 4 members (excludes halogenated alkanes) is 1. The molecule has 10 N–H and O–H groups in total. The molecule has 4 saturated heterocycles. The van der Waals surface area contributed by atoms with Crippen molar-refractivity contribution in [3.05, 3.63) is 72.6 Å². The molecule has 11 rings (SSSR count). The van der Waals surface area contributed by atoms with E-state index in [1.807, 2.05) is 6.92 Å². The van der Waals surface area contributed by atoms with E-state index in [1.54, 1.807) is 37.1 Å². The Balaban J connectivity index is 0.792. The fourth-order valence-electron chi connectivity index (χ4n) is 15.4. The second kappa shape index (κ2) is 32.8. The van der Waals surface area contributed by atoms with Gasteiger partial charge >= 0.3 is 0 Å². The second-order valence-corrected chi connectivity index (χ2v) is 27.7. The first-order chi connectivity index (χ1) is 46.7. The highest BCUT2D eigenvalue weighted by Crippen LogP contribution is 2.43. The highest BCUT2D eigenvalue weighted by Gasteiger charge is 2.54. The van der Waals surface area contributed by atoms with Gasteiger partial charge in [0.2, 0.25) is 11.8 Å². The summed E-state index contributed by atoms with van der Waals surface area (Å²) in [5.41, 5.74) is 1.43. The van der Waals surface area contributed by atoms with Crippen LogP contribution in [0.25, 0.3) is 22.5 Å². The van der Waals surface area contributed by atoms with E-state index in [-0.39, 0.29) is 61.1 Å². The molecule has 24 atom stereocenters. The zero-order valence-electron chi connectivity index (χ0n) is 55.4. The van der Waals surface area contributed by atoms with Gasteiger partial charge in [-0.15, -0.1) is 10.2 Å². The van der Waals surface area contributed by atoms with Crippen LogP contribution < -0.4 is 10.6 Å². The summed E-state index contributed by atoms with van der Waals surface area (Å²) in [4.78, 5) is 43.7. The van der Waals surface area contributed by atoms with Crippen molar-refractivity contribution in [1.82, 2.24) is 45.5 Å². The fourth-order valence-corrected chi connectivity index (χ4v) is 15.4. The topological polar surface area (TPSA) is 366 Å². The molecule has 7 fully saturated rings. The molecule has 29 heteroatoms. The maximum absolute atomic E-state index is 14.6. The molecule has 536 valence electrons. The first-order valence-electron chi connectivity index (χ1n) is 34.8. The van der Waals surface area contributed by atoms with Crippen molar-refractivity contribution in [2.75, 3.05) is 26.2 Å². The Bertz CT molecular complexity index is 3220. The predicted octanol–water partition coefficient (Wildman–Crippen LogP) is 3.14. The molecular formula is C68H97F2N9O18. The van der Waals surface area contributed by atoms with Gasteiger partial charge in [0, 0.05) is 43.6 Å². The number of nitrogens with one attached hydrogen (secondary N) is 2. The minimum atomic E-state index is -1.65. The van der Waals surface area contributed by atoms with Gasteiger partial charge in [0.05, 0.1) is 55.6 Å². The molecule has 27 nitrogen and oxygen atoms in total. The summed E-state index contributed by atoms with van der Waals surface area (Å²) in [6.45, 7) is 7.32. The Morgan fingerprint density at radius 1 is 0.670 bits per heavy atom. The van der Waals surface area contributed by atoms with Crippen LogP contribution >= 0.6 is 0 Å². The minimum absolute atomic E-state index is 0.0404. The van der Waals surface area contributed by atoms with E-state index in [2.05, 4.69) is 31.3 Å². The van der Waals surface area contributed by atoms with Crippen LogP contribution in [0.3, 0.4) is 0 Å². The van der Waals surface area contributed by atoms with Crippen molar-refractivity contribution in [1.29, 1.82) is 0 Å². The Hall–Kier alpha value is -5.61. The van der Waals surface area contributed by atoms with Gasteiger partial charge in [-0.3, -0.25) is 14.4 Å². The summed E-state index contributed by atoms with van der Waals surface area (Å²) in [6.07, 6.45) is -10.2. The molecule has 6 heterocycles. The third-order valence-corrected chi connectivity index (χ3v) is 21.0. The fraction of sp³-hybridized carbons (Fsp3) is 0.721. The molecule has 7 aliphatic rings. The summed E-state index contributed by atoms with van der Waals surface area (Å²) >= 11 is 0. The summed E-state index contributed by atoms with van der Waals surface area (Å²) in [6, 6.07) is 8.20. The zero-order valence-corrected chi connectivity index (χ0v) is 55.4. The minimum Gasteiger partial charge on any atom is -0.394 e. The number of ether oxygens (including phenoxy) is 7. The van der Waals surface area contributed by atoms with Crippen LogP contribution in [-0.4, -0.2) is 236 Å².